The zero-order valence-electron chi connectivity index (χ0n) is 8.84. The Hall–Kier alpha value is -0.0900. The van der Waals surface area contributed by atoms with Gasteiger partial charge in [0.05, 0.1) is 5.75 Å². The van der Waals surface area contributed by atoms with Gasteiger partial charge in [0.15, 0.2) is 0 Å². The van der Waals surface area contributed by atoms with E-state index >= 15 is 0 Å². The molecule has 80 valence electrons. The highest BCUT2D eigenvalue weighted by Gasteiger charge is 2.19. The molecule has 0 bridgehead atoms. The summed E-state index contributed by atoms with van der Waals surface area (Å²) in [7, 11) is -2.83. The predicted molar refractivity (Wildman–Crippen MR) is 56.4 cm³/mol. The number of hydrogen-bond acceptors (Lipinski definition) is 3. The zero-order chi connectivity index (χ0) is 10.5. The van der Waals surface area contributed by atoms with E-state index in [0.717, 1.165) is 0 Å². The number of nitrogens with two attached hydrogens (primary N) is 1. The summed E-state index contributed by atoms with van der Waals surface area (Å²) < 4.78 is 22.7. The summed E-state index contributed by atoms with van der Waals surface area (Å²) in [5, 5.41) is 0. The number of rotatable bonds is 6. The van der Waals surface area contributed by atoms with E-state index in [9.17, 15) is 8.42 Å². The van der Waals surface area contributed by atoms with Gasteiger partial charge >= 0.3 is 0 Å². The van der Waals surface area contributed by atoms with Gasteiger partial charge in [0.2, 0.25) is 0 Å². The summed E-state index contributed by atoms with van der Waals surface area (Å²) >= 11 is 0. The molecule has 13 heavy (non-hydrogen) atoms. The first-order chi connectivity index (χ1) is 5.83. The van der Waals surface area contributed by atoms with Gasteiger partial charge in [-0.3, -0.25) is 0 Å². The Bertz CT molecular complexity index is 232. The van der Waals surface area contributed by atoms with Crippen LogP contribution in [0.4, 0.5) is 0 Å². The summed E-state index contributed by atoms with van der Waals surface area (Å²) in [5.41, 5.74) is 5.46. The first-order valence-corrected chi connectivity index (χ1v) is 6.55. The Morgan fingerprint density at radius 1 is 1.23 bits per heavy atom. The molecule has 0 radical (unpaired) electrons. The van der Waals surface area contributed by atoms with Crippen LogP contribution in [0.1, 0.15) is 33.6 Å². The molecule has 0 aromatic heterocycles. The maximum Gasteiger partial charge on any atom is 0.150 e. The second-order valence-corrected chi connectivity index (χ2v) is 6.57. The molecule has 0 fully saturated rings. The van der Waals surface area contributed by atoms with Crippen LogP contribution in [0.15, 0.2) is 0 Å². The number of sulfone groups is 1. The normalized spacial score (nSPS) is 13.2. The van der Waals surface area contributed by atoms with Crippen molar-refractivity contribution in [2.24, 2.45) is 11.1 Å². The van der Waals surface area contributed by atoms with E-state index in [1.807, 2.05) is 20.8 Å². The highest BCUT2D eigenvalue weighted by molar-refractivity contribution is 7.91. The molecule has 0 aliphatic heterocycles. The smallest absolute Gasteiger partial charge is 0.150 e. The van der Waals surface area contributed by atoms with Crippen LogP contribution >= 0.6 is 0 Å². The van der Waals surface area contributed by atoms with Gasteiger partial charge in [0, 0.05) is 5.75 Å². The first-order valence-electron chi connectivity index (χ1n) is 4.73. The van der Waals surface area contributed by atoms with Crippen LogP contribution in [0.3, 0.4) is 0 Å². The molecular formula is C9H21NO2S. The lowest BCUT2D eigenvalue weighted by molar-refractivity contribution is 0.365. The summed E-state index contributed by atoms with van der Waals surface area (Å²) in [6, 6.07) is 0. The largest absolute Gasteiger partial charge is 0.330 e. The maximum atomic E-state index is 11.4. The van der Waals surface area contributed by atoms with Crippen molar-refractivity contribution in [2.75, 3.05) is 18.1 Å². The van der Waals surface area contributed by atoms with Crippen LogP contribution in [0, 0.1) is 5.41 Å². The average Bonchev–Trinajstić information content (AvgIpc) is 2.02. The maximum absolute atomic E-state index is 11.4. The molecule has 0 unspecified atom stereocenters. The Morgan fingerprint density at radius 3 is 2.15 bits per heavy atom. The first kappa shape index (κ1) is 12.9. The predicted octanol–water partition coefficient (Wildman–Crippen LogP) is 1.19. The lowest BCUT2D eigenvalue weighted by Crippen LogP contribution is -2.27. The fourth-order valence-electron chi connectivity index (χ4n) is 0.947. The van der Waals surface area contributed by atoms with Crippen LogP contribution in [-0.2, 0) is 9.84 Å². The lowest BCUT2D eigenvalue weighted by atomic mass is 9.91. The molecular weight excluding hydrogens is 186 g/mol. The molecule has 0 amide bonds. The Labute approximate surface area is 81.6 Å². The zero-order valence-corrected chi connectivity index (χ0v) is 9.65. The minimum Gasteiger partial charge on any atom is -0.330 e. The van der Waals surface area contributed by atoms with Gasteiger partial charge in [-0.05, 0) is 24.8 Å². The van der Waals surface area contributed by atoms with Crippen LogP contribution in [0.5, 0.6) is 0 Å². The van der Waals surface area contributed by atoms with Gasteiger partial charge in [-0.25, -0.2) is 8.42 Å². The molecule has 0 rings (SSSR count). The molecule has 2 N–H and O–H groups in total. The SMILES string of the molecule is CCCS(=O)(=O)CCC(C)(C)CN. The summed E-state index contributed by atoms with van der Waals surface area (Å²) in [5.74, 6) is 0.568. The van der Waals surface area contributed by atoms with Crippen molar-refractivity contribution in [3.05, 3.63) is 0 Å². The van der Waals surface area contributed by atoms with E-state index in [-0.39, 0.29) is 11.2 Å². The van der Waals surface area contributed by atoms with E-state index in [1.54, 1.807) is 0 Å². The molecule has 0 saturated carbocycles. The van der Waals surface area contributed by atoms with Gasteiger partial charge < -0.3 is 5.73 Å². The fourth-order valence-corrected chi connectivity index (χ4v) is 2.64. The van der Waals surface area contributed by atoms with Gasteiger partial charge in [-0.15, -0.1) is 0 Å². The fraction of sp³-hybridized carbons (Fsp3) is 1.00. The molecule has 0 aromatic carbocycles. The van der Waals surface area contributed by atoms with Crippen LogP contribution in [-0.4, -0.2) is 26.5 Å². The third-order valence-corrected chi connectivity index (χ3v) is 4.01. The van der Waals surface area contributed by atoms with Crippen molar-refractivity contribution >= 4 is 9.84 Å². The third kappa shape index (κ3) is 6.05. The molecule has 0 aromatic rings. The van der Waals surface area contributed by atoms with Gasteiger partial charge in [-0.1, -0.05) is 20.8 Å². The summed E-state index contributed by atoms with van der Waals surface area (Å²) in [6.45, 7) is 6.41. The molecule has 0 aliphatic carbocycles. The van der Waals surface area contributed by atoms with Crippen molar-refractivity contribution in [3.63, 3.8) is 0 Å². The van der Waals surface area contributed by atoms with E-state index in [4.69, 9.17) is 5.73 Å². The Balaban J connectivity index is 4.02. The third-order valence-electron chi connectivity index (χ3n) is 2.16. The van der Waals surface area contributed by atoms with Gasteiger partial charge in [0.1, 0.15) is 9.84 Å². The molecule has 0 aliphatic rings. The second kappa shape index (κ2) is 4.96. The Morgan fingerprint density at radius 2 is 1.77 bits per heavy atom. The molecule has 0 heterocycles. The summed E-state index contributed by atoms with van der Waals surface area (Å²) in [4.78, 5) is 0. The van der Waals surface area contributed by atoms with E-state index in [0.29, 0.717) is 25.1 Å². The monoisotopic (exact) mass is 207 g/mol. The van der Waals surface area contributed by atoms with Gasteiger partial charge in [0.25, 0.3) is 0 Å². The topological polar surface area (TPSA) is 60.2 Å². The van der Waals surface area contributed by atoms with Crippen LogP contribution in [0.2, 0.25) is 0 Å². The standard InChI is InChI=1S/C9H21NO2S/c1-4-6-13(11,12)7-5-9(2,3)8-10/h4-8,10H2,1-3H3. The van der Waals surface area contributed by atoms with Crippen molar-refractivity contribution < 1.29 is 8.42 Å². The van der Waals surface area contributed by atoms with Gasteiger partial charge in [-0.2, -0.15) is 0 Å². The molecule has 3 nitrogen and oxygen atoms in total. The highest BCUT2D eigenvalue weighted by atomic mass is 32.2. The molecule has 0 atom stereocenters. The van der Waals surface area contributed by atoms with Crippen LogP contribution < -0.4 is 5.73 Å². The van der Waals surface area contributed by atoms with Crippen molar-refractivity contribution in [1.29, 1.82) is 0 Å². The average molecular weight is 207 g/mol. The highest BCUT2D eigenvalue weighted by Crippen LogP contribution is 2.19. The summed E-state index contributed by atoms with van der Waals surface area (Å²) in [6.07, 6.45) is 1.36. The van der Waals surface area contributed by atoms with E-state index in [1.165, 1.54) is 0 Å². The van der Waals surface area contributed by atoms with Crippen molar-refractivity contribution in [2.45, 2.75) is 33.6 Å². The molecule has 4 heteroatoms. The lowest BCUT2D eigenvalue weighted by Gasteiger charge is -2.21. The minimum absolute atomic E-state index is 0.0548. The molecule has 0 saturated heterocycles. The second-order valence-electron chi connectivity index (χ2n) is 4.27. The number of hydrogen-bond donors (Lipinski definition) is 1. The van der Waals surface area contributed by atoms with E-state index in [2.05, 4.69) is 0 Å². The quantitative estimate of drug-likeness (QED) is 0.711. The van der Waals surface area contributed by atoms with Crippen LogP contribution in [0.25, 0.3) is 0 Å². The molecule has 0 spiro atoms. The Kier molecular flexibility index (Phi) is 4.92. The minimum atomic E-state index is -2.83. The van der Waals surface area contributed by atoms with E-state index < -0.39 is 9.84 Å². The van der Waals surface area contributed by atoms with Crippen molar-refractivity contribution in [1.82, 2.24) is 0 Å². The van der Waals surface area contributed by atoms with Crippen molar-refractivity contribution in [3.8, 4) is 0 Å².